The molecule has 166 valence electrons. The van der Waals surface area contributed by atoms with Gasteiger partial charge in [0.05, 0.1) is 6.42 Å². The van der Waals surface area contributed by atoms with Crippen LogP contribution >= 0.6 is 11.6 Å². The average molecular weight is 445 g/mol. The van der Waals surface area contributed by atoms with Crippen LogP contribution in [0.1, 0.15) is 50.2 Å². The van der Waals surface area contributed by atoms with E-state index in [1.165, 1.54) is 11.6 Å². The number of nitrogens with zero attached hydrogens (tertiary/aromatic N) is 1. The Bertz CT molecular complexity index is 895. The van der Waals surface area contributed by atoms with Crippen LogP contribution in [0, 0.1) is 11.7 Å². The Morgan fingerprint density at radius 2 is 1.77 bits per heavy atom. The topological polar surface area (TPSA) is 49.4 Å². The lowest BCUT2D eigenvalue weighted by molar-refractivity contribution is -0.138. The van der Waals surface area contributed by atoms with Gasteiger partial charge in [-0.15, -0.1) is 0 Å². The van der Waals surface area contributed by atoms with Gasteiger partial charge in [-0.1, -0.05) is 62.2 Å². The SMILES string of the molecule is CC[C@H](C)[C@@H](NC(=O)Cc1ccccc1F)C(=O)N1CCC(c2ccc(Cl)cc2)CC1. The minimum atomic E-state index is -0.601. The number of amides is 2. The number of piperidine rings is 1. The van der Waals surface area contributed by atoms with Gasteiger partial charge in [0, 0.05) is 18.1 Å². The highest BCUT2D eigenvalue weighted by atomic mass is 35.5. The van der Waals surface area contributed by atoms with E-state index in [9.17, 15) is 14.0 Å². The maximum atomic E-state index is 13.9. The fourth-order valence-corrected chi connectivity index (χ4v) is 4.21. The zero-order chi connectivity index (χ0) is 22.4. The van der Waals surface area contributed by atoms with Crippen molar-refractivity contribution in [3.63, 3.8) is 0 Å². The van der Waals surface area contributed by atoms with Crippen LogP contribution < -0.4 is 5.32 Å². The number of halogens is 2. The summed E-state index contributed by atoms with van der Waals surface area (Å²) in [6.07, 6.45) is 2.44. The Kier molecular flexibility index (Phi) is 8.08. The van der Waals surface area contributed by atoms with E-state index >= 15 is 0 Å². The molecule has 0 bridgehead atoms. The minimum absolute atomic E-state index is 0.00828. The molecule has 0 radical (unpaired) electrons. The second kappa shape index (κ2) is 10.8. The third kappa shape index (κ3) is 6.07. The fraction of sp³-hybridized carbons (Fsp3) is 0.440. The number of carbonyl (C=O) groups excluding carboxylic acids is 2. The molecule has 1 heterocycles. The van der Waals surface area contributed by atoms with Gasteiger partial charge in [0.25, 0.3) is 0 Å². The van der Waals surface area contributed by atoms with E-state index in [-0.39, 0.29) is 24.2 Å². The molecular weight excluding hydrogens is 415 g/mol. The maximum absolute atomic E-state index is 13.9. The zero-order valence-electron chi connectivity index (χ0n) is 18.1. The molecule has 6 heteroatoms. The lowest BCUT2D eigenvalue weighted by Crippen LogP contribution is -2.53. The van der Waals surface area contributed by atoms with Crippen molar-refractivity contribution >= 4 is 23.4 Å². The molecule has 0 saturated carbocycles. The molecule has 4 nitrogen and oxygen atoms in total. The first-order valence-corrected chi connectivity index (χ1v) is 11.3. The zero-order valence-corrected chi connectivity index (χ0v) is 18.9. The Labute approximate surface area is 188 Å². The molecule has 0 spiro atoms. The van der Waals surface area contributed by atoms with Crippen molar-refractivity contribution in [2.45, 2.75) is 51.5 Å². The summed E-state index contributed by atoms with van der Waals surface area (Å²) in [5.41, 5.74) is 1.58. The first-order chi connectivity index (χ1) is 14.9. The van der Waals surface area contributed by atoms with Gasteiger partial charge in [-0.25, -0.2) is 4.39 Å². The number of hydrogen-bond acceptors (Lipinski definition) is 2. The molecule has 31 heavy (non-hydrogen) atoms. The highest BCUT2D eigenvalue weighted by Crippen LogP contribution is 2.29. The van der Waals surface area contributed by atoms with Gasteiger partial charge in [-0.05, 0) is 54.0 Å². The standard InChI is InChI=1S/C25H30ClFN2O2/c1-3-17(2)24(28-23(30)16-20-6-4-5-7-22(20)27)25(31)29-14-12-19(13-15-29)18-8-10-21(26)11-9-18/h4-11,17,19,24H,3,12-16H2,1-2H3,(H,28,30)/t17-,24+/m0/s1. The lowest BCUT2D eigenvalue weighted by atomic mass is 9.88. The summed E-state index contributed by atoms with van der Waals surface area (Å²) in [7, 11) is 0. The third-order valence-electron chi connectivity index (χ3n) is 6.25. The lowest BCUT2D eigenvalue weighted by Gasteiger charge is -2.36. The monoisotopic (exact) mass is 444 g/mol. The molecule has 1 fully saturated rings. The molecule has 2 aromatic carbocycles. The Morgan fingerprint density at radius 1 is 1.13 bits per heavy atom. The number of rotatable bonds is 7. The van der Waals surface area contributed by atoms with E-state index in [0.29, 0.717) is 24.6 Å². The van der Waals surface area contributed by atoms with Crippen LogP contribution in [0.15, 0.2) is 48.5 Å². The average Bonchev–Trinajstić information content (AvgIpc) is 2.79. The predicted octanol–water partition coefficient (Wildman–Crippen LogP) is 4.96. The quantitative estimate of drug-likeness (QED) is 0.656. The van der Waals surface area contributed by atoms with Crippen molar-refractivity contribution in [1.82, 2.24) is 10.2 Å². The van der Waals surface area contributed by atoms with Crippen molar-refractivity contribution in [3.8, 4) is 0 Å². The van der Waals surface area contributed by atoms with E-state index in [0.717, 1.165) is 24.3 Å². The van der Waals surface area contributed by atoms with E-state index < -0.39 is 11.9 Å². The summed E-state index contributed by atoms with van der Waals surface area (Å²) >= 11 is 5.99. The number of likely N-dealkylation sites (tertiary alicyclic amines) is 1. The van der Waals surface area contributed by atoms with E-state index in [1.807, 2.05) is 30.9 Å². The molecule has 2 amide bonds. The molecule has 2 atom stereocenters. The third-order valence-corrected chi connectivity index (χ3v) is 6.50. The molecule has 2 aromatic rings. The van der Waals surface area contributed by atoms with Crippen molar-refractivity contribution in [1.29, 1.82) is 0 Å². The molecule has 0 aliphatic carbocycles. The Balaban J connectivity index is 1.61. The summed E-state index contributed by atoms with van der Waals surface area (Å²) in [6.45, 7) is 5.28. The Hall–Kier alpha value is -2.40. The number of benzene rings is 2. The van der Waals surface area contributed by atoms with E-state index in [4.69, 9.17) is 11.6 Å². The smallest absolute Gasteiger partial charge is 0.245 e. The first-order valence-electron chi connectivity index (χ1n) is 11.0. The molecule has 1 saturated heterocycles. The van der Waals surface area contributed by atoms with E-state index in [1.54, 1.807) is 18.2 Å². The van der Waals surface area contributed by atoms with Crippen molar-refractivity contribution in [2.24, 2.45) is 5.92 Å². The van der Waals surface area contributed by atoms with Crippen LogP contribution in [-0.4, -0.2) is 35.8 Å². The summed E-state index contributed by atoms with van der Waals surface area (Å²) in [5, 5.41) is 3.60. The van der Waals surface area contributed by atoms with Crippen LogP contribution in [0.5, 0.6) is 0 Å². The van der Waals surface area contributed by atoms with Crippen LogP contribution in [0.3, 0.4) is 0 Å². The second-order valence-corrected chi connectivity index (χ2v) is 8.79. The van der Waals surface area contributed by atoms with Crippen LogP contribution in [0.4, 0.5) is 4.39 Å². The van der Waals surface area contributed by atoms with Crippen LogP contribution in [-0.2, 0) is 16.0 Å². The van der Waals surface area contributed by atoms with Crippen molar-refractivity contribution in [3.05, 3.63) is 70.5 Å². The first kappa shape index (κ1) is 23.3. The molecule has 1 N–H and O–H groups in total. The fourth-order valence-electron chi connectivity index (χ4n) is 4.09. The summed E-state index contributed by atoms with van der Waals surface area (Å²) in [6, 6.07) is 13.5. The number of nitrogens with one attached hydrogen (secondary N) is 1. The van der Waals surface area contributed by atoms with Gasteiger partial charge < -0.3 is 10.2 Å². The van der Waals surface area contributed by atoms with Gasteiger partial charge in [0.15, 0.2) is 0 Å². The predicted molar refractivity (Wildman–Crippen MR) is 121 cm³/mol. The van der Waals surface area contributed by atoms with Crippen LogP contribution in [0.25, 0.3) is 0 Å². The van der Waals surface area contributed by atoms with Gasteiger partial charge in [0.2, 0.25) is 11.8 Å². The molecule has 1 aliphatic rings. The van der Waals surface area contributed by atoms with Gasteiger partial charge in [0.1, 0.15) is 11.9 Å². The highest BCUT2D eigenvalue weighted by molar-refractivity contribution is 6.30. The molecule has 3 rings (SSSR count). The van der Waals surface area contributed by atoms with Crippen LogP contribution in [0.2, 0.25) is 5.02 Å². The molecule has 1 aliphatic heterocycles. The molecule has 0 unspecified atom stereocenters. The van der Waals surface area contributed by atoms with Gasteiger partial charge >= 0.3 is 0 Å². The highest BCUT2D eigenvalue weighted by Gasteiger charge is 2.32. The summed E-state index contributed by atoms with van der Waals surface area (Å²) in [4.78, 5) is 27.7. The Morgan fingerprint density at radius 3 is 2.39 bits per heavy atom. The summed E-state index contributed by atoms with van der Waals surface area (Å²) in [5.74, 6) is -0.399. The van der Waals surface area contributed by atoms with Gasteiger partial charge in [-0.2, -0.15) is 0 Å². The summed E-state index contributed by atoms with van der Waals surface area (Å²) < 4.78 is 13.9. The second-order valence-electron chi connectivity index (χ2n) is 8.35. The van der Waals surface area contributed by atoms with Gasteiger partial charge in [-0.3, -0.25) is 9.59 Å². The minimum Gasteiger partial charge on any atom is -0.344 e. The van der Waals surface area contributed by atoms with Crippen molar-refractivity contribution < 1.29 is 14.0 Å². The maximum Gasteiger partial charge on any atom is 0.245 e. The number of hydrogen-bond donors (Lipinski definition) is 1. The van der Waals surface area contributed by atoms with Crippen molar-refractivity contribution in [2.75, 3.05) is 13.1 Å². The normalized spacial score (nSPS) is 16.6. The van der Waals surface area contributed by atoms with E-state index in [2.05, 4.69) is 17.4 Å². The number of carbonyl (C=O) groups is 2. The largest absolute Gasteiger partial charge is 0.344 e. The molecular formula is C25H30ClFN2O2. The molecule has 0 aromatic heterocycles.